The van der Waals surface area contributed by atoms with Crippen molar-refractivity contribution in [3.05, 3.63) is 80.9 Å². The maximum Gasteiger partial charge on any atom is 0.246 e. The number of benzene rings is 1. The van der Waals surface area contributed by atoms with Crippen molar-refractivity contribution in [2.75, 3.05) is 72.5 Å². The van der Waals surface area contributed by atoms with Gasteiger partial charge in [-0.1, -0.05) is 84.0 Å². The summed E-state index contributed by atoms with van der Waals surface area (Å²) in [5.74, 6) is -2.27. The summed E-state index contributed by atoms with van der Waals surface area (Å²) in [6, 6.07) is 4.18. The number of aromatic nitrogens is 2. The number of β-amino-alcohol motifs (C(OH)–C–C–N with tert-alkyl or cyclic N) is 2. The van der Waals surface area contributed by atoms with E-state index in [9.17, 15) is 39.0 Å². The van der Waals surface area contributed by atoms with E-state index in [0.29, 0.717) is 45.8 Å². The van der Waals surface area contributed by atoms with Gasteiger partial charge in [0.05, 0.1) is 39.5 Å². The zero-order chi connectivity index (χ0) is 58.7. The molecule has 0 saturated carbocycles. The van der Waals surface area contributed by atoms with Crippen molar-refractivity contribution in [2.45, 2.75) is 156 Å². The van der Waals surface area contributed by atoms with E-state index in [0.717, 1.165) is 58.6 Å². The van der Waals surface area contributed by atoms with E-state index in [1.54, 1.807) is 22.7 Å². The number of nitrogens with one attached hydrogen (secondary N) is 4. The first-order valence-electron chi connectivity index (χ1n) is 28.3. The Morgan fingerprint density at radius 2 is 1.12 bits per heavy atom. The molecule has 6 N–H and O–H groups in total. The molecule has 22 heteroatoms. The normalized spacial score (nSPS) is 20.0. The van der Waals surface area contributed by atoms with Crippen molar-refractivity contribution >= 4 is 58.1 Å². The number of aliphatic hydroxyl groups is 2. The van der Waals surface area contributed by atoms with Crippen LogP contribution in [0.1, 0.15) is 121 Å². The fraction of sp³-hybridized carbons (Fsp3) is 0.627. The molecule has 2 fully saturated rings. The summed E-state index contributed by atoms with van der Waals surface area (Å²) in [6.45, 7) is 17.6. The van der Waals surface area contributed by atoms with Crippen LogP contribution >= 0.6 is 22.7 Å². The molecule has 7 atom stereocenters. The van der Waals surface area contributed by atoms with Gasteiger partial charge in [0, 0.05) is 89.5 Å². The summed E-state index contributed by atoms with van der Waals surface area (Å²) >= 11 is 3.20. The first-order chi connectivity index (χ1) is 38.6. The molecule has 2 aliphatic heterocycles. The molecule has 4 heterocycles. The van der Waals surface area contributed by atoms with Crippen LogP contribution in [0.2, 0.25) is 0 Å². The molecule has 20 nitrogen and oxygen atoms in total. The summed E-state index contributed by atoms with van der Waals surface area (Å²) in [5, 5.41) is 32.7. The fourth-order valence-corrected chi connectivity index (χ4v) is 11.6. The van der Waals surface area contributed by atoms with Crippen LogP contribution in [0.15, 0.2) is 59.1 Å². The van der Waals surface area contributed by atoms with Gasteiger partial charge in [-0.3, -0.25) is 28.8 Å². The van der Waals surface area contributed by atoms with E-state index in [2.05, 4.69) is 43.4 Å². The number of hydrogen-bond donors (Lipinski definition) is 6. The number of ether oxygens (including phenoxy) is 4. The van der Waals surface area contributed by atoms with E-state index in [4.69, 9.17) is 18.9 Å². The Bertz CT molecular complexity index is 2610. The SMILES string of the molecule is Cc1ncsc1-c1ccc(CNC(=O)[C@@H]2C[C@@H](O)CN2C(=O)[C@@H](NC(=O)COCCCOCCCCCOCCCOCC(=O)N[C@H](C(=O)N2C[C@H](O)C[C@H]2C(=O)NCC2=CCC(c3scnc3C)C=C2)C(C)(C)C)C(C)(C)C)cc1. The van der Waals surface area contributed by atoms with Gasteiger partial charge >= 0.3 is 0 Å². The molecule has 1 unspecified atom stereocenters. The van der Waals surface area contributed by atoms with Crippen LogP contribution in [-0.2, 0) is 54.3 Å². The zero-order valence-electron chi connectivity index (χ0n) is 48.5. The second-order valence-electron chi connectivity index (χ2n) is 23.3. The van der Waals surface area contributed by atoms with Crippen LogP contribution in [0.25, 0.3) is 10.4 Å². The van der Waals surface area contributed by atoms with Gasteiger partial charge in [-0.15, -0.1) is 22.7 Å². The van der Waals surface area contributed by atoms with Crippen LogP contribution in [0.3, 0.4) is 0 Å². The van der Waals surface area contributed by atoms with Gasteiger partial charge in [-0.25, -0.2) is 9.97 Å². The molecule has 0 bridgehead atoms. The first-order valence-corrected chi connectivity index (χ1v) is 30.0. The van der Waals surface area contributed by atoms with Crippen molar-refractivity contribution < 1.29 is 57.9 Å². The van der Waals surface area contributed by atoms with Crippen LogP contribution in [0.5, 0.6) is 0 Å². The predicted octanol–water partition coefficient (Wildman–Crippen LogP) is 5.29. The van der Waals surface area contributed by atoms with Gasteiger partial charge in [0.1, 0.15) is 37.4 Å². The predicted molar refractivity (Wildman–Crippen MR) is 310 cm³/mol. The van der Waals surface area contributed by atoms with Gasteiger partial charge in [-0.05, 0) is 79.9 Å². The van der Waals surface area contributed by atoms with Crippen LogP contribution in [0.4, 0.5) is 0 Å². The molecule has 6 rings (SSSR count). The lowest BCUT2D eigenvalue weighted by Gasteiger charge is -2.35. The molecule has 3 aromatic rings. The Hall–Kier alpha value is -5.46. The minimum atomic E-state index is -0.960. The molecule has 446 valence electrons. The minimum Gasteiger partial charge on any atom is -0.391 e. The molecule has 0 radical (unpaired) electrons. The van der Waals surface area contributed by atoms with Crippen molar-refractivity contribution in [2.24, 2.45) is 10.8 Å². The molecular formula is C59H86N8O12S2. The molecular weight excluding hydrogens is 1080 g/mol. The molecule has 2 aromatic heterocycles. The van der Waals surface area contributed by atoms with Gasteiger partial charge in [0.25, 0.3) is 0 Å². The van der Waals surface area contributed by atoms with E-state index < -0.39 is 70.8 Å². The number of nitrogens with zero attached hydrogens (tertiary/aromatic N) is 4. The molecule has 6 amide bonds. The van der Waals surface area contributed by atoms with E-state index in [1.807, 2.05) is 96.8 Å². The lowest BCUT2D eigenvalue weighted by molar-refractivity contribution is -0.144. The number of aliphatic hydroxyl groups excluding tert-OH is 2. The number of allylic oxidation sites excluding steroid dienone is 2. The molecule has 1 aromatic carbocycles. The Morgan fingerprint density at radius 1 is 0.642 bits per heavy atom. The molecule has 81 heavy (non-hydrogen) atoms. The van der Waals surface area contributed by atoms with Crippen molar-refractivity contribution in [1.82, 2.24) is 41.0 Å². The average Bonchev–Trinajstić information content (AvgIpc) is 4.26. The average molecular weight is 1160 g/mol. The standard InChI is InChI=1S/C59H86N8O12S2/c1-38-50(80-36-62-38)42-18-14-40(15-19-42)30-60-54(72)46-28-44(68)32-66(46)56(74)52(58(3,4)5)64-48(70)34-78-26-12-24-76-22-10-9-11-23-77-25-13-27-79-35-49(71)65-53(59(6,7)8)57(75)67-33-45(69)29-47(67)55(73)61-31-41-16-20-43(21-17-41)51-39(2)63-37-81-51/h14-20,36-37,43-47,52-53,68-69H,9-13,21-35H2,1-8H3,(H,60,72)(H,61,73)(H,64,70)(H,65,71)/t43?,44-,45-,46+,47+,52-,53-/m1/s1. The summed E-state index contributed by atoms with van der Waals surface area (Å²) in [6.07, 6.45) is 9.26. The second kappa shape index (κ2) is 31.3. The van der Waals surface area contributed by atoms with Gasteiger partial charge < -0.3 is 60.2 Å². The Morgan fingerprint density at radius 3 is 1.58 bits per heavy atom. The molecule has 3 aliphatic rings. The number of unbranched alkanes of at least 4 members (excludes halogenated alkanes) is 2. The lowest BCUT2D eigenvalue weighted by Crippen LogP contribution is -2.58. The summed E-state index contributed by atoms with van der Waals surface area (Å²) in [4.78, 5) is 94.6. The first kappa shape index (κ1) is 64.7. The summed E-state index contributed by atoms with van der Waals surface area (Å²) < 4.78 is 22.7. The number of carbonyl (C=O) groups is 6. The Kier molecular flexibility index (Phi) is 25.0. The Labute approximate surface area is 485 Å². The van der Waals surface area contributed by atoms with E-state index in [1.165, 1.54) is 14.7 Å². The van der Waals surface area contributed by atoms with Gasteiger partial charge in [-0.2, -0.15) is 0 Å². The number of rotatable bonds is 30. The quantitative estimate of drug-likeness (QED) is 0.0464. The smallest absolute Gasteiger partial charge is 0.246 e. The number of hydrogen-bond acceptors (Lipinski definition) is 16. The number of likely N-dealkylation sites (tertiary alicyclic amines) is 2. The van der Waals surface area contributed by atoms with E-state index >= 15 is 0 Å². The highest BCUT2D eigenvalue weighted by Gasteiger charge is 2.46. The van der Waals surface area contributed by atoms with Crippen molar-refractivity contribution in [3.63, 3.8) is 0 Å². The number of aryl methyl sites for hydroxylation is 2. The van der Waals surface area contributed by atoms with Crippen molar-refractivity contribution in [1.29, 1.82) is 0 Å². The van der Waals surface area contributed by atoms with Crippen LogP contribution < -0.4 is 21.3 Å². The maximum atomic E-state index is 14.0. The summed E-state index contributed by atoms with van der Waals surface area (Å²) in [5.41, 5.74) is 7.15. The number of amides is 6. The molecule has 2 saturated heterocycles. The molecule has 0 spiro atoms. The third-order valence-corrected chi connectivity index (χ3v) is 16.5. The second-order valence-corrected chi connectivity index (χ2v) is 25.0. The maximum absolute atomic E-state index is 14.0. The number of thiazole rings is 2. The van der Waals surface area contributed by atoms with E-state index in [-0.39, 0.29) is 76.6 Å². The monoisotopic (exact) mass is 1160 g/mol. The highest BCUT2D eigenvalue weighted by Crippen LogP contribution is 2.33. The molecule has 1 aliphatic carbocycles. The number of carbonyl (C=O) groups excluding carboxylic acids is 6. The third-order valence-electron chi connectivity index (χ3n) is 14.5. The highest BCUT2D eigenvalue weighted by atomic mass is 32.1. The van der Waals surface area contributed by atoms with Crippen molar-refractivity contribution in [3.8, 4) is 10.4 Å². The largest absolute Gasteiger partial charge is 0.391 e. The fourth-order valence-electron chi connectivity index (χ4n) is 9.92. The topological polar surface area (TPSA) is 260 Å². The minimum absolute atomic E-state index is 0.00946. The van der Waals surface area contributed by atoms with Gasteiger partial charge in [0.15, 0.2) is 0 Å². The summed E-state index contributed by atoms with van der Waals surface area (Å²) in [7, 11) is 0. The highest BCUT2D eigenvalue weighted by molar-refractivity contribution is 7.13. The zero-order valence-corrected chi connectivity index (χ0v) is 50.1. The van der Waals surface area contributed by atoms with Crippen LogP contribution in [0, 0.1) is 24.7 Å². The third kappa shape index (κ3) is 19.9. The lowest BCUT2D eigenvalue weighted by atomic mass is 9.85. The van der Waals surface area contributed by atoms with Crippen LogP contribution in [-0.4, -0.2) is 174 Å². The Balaban J connectivity index is 0.770. The van der Waals surface area contributed by atoms with Gasteiger partial charge in [0.2, 0.25) is 35.4 Å².